The van der Waals surface area contributed by atoms with E-state index in [0.717, 1.165) is 23.7 Å². The maximum atomic E-state index is 13.4. The molecular formula is C20H17ClFN3O3. The van der Waals surface area contributed by atoms with E-state index in [1.807, 2.05) is 6.07 Å². The van der Waals surface area contributed by atoms with Crippen molar-refractivity contribution in [2.24, 2.45) is 4.99 Å². The Morgan fingerprint density at radius 2 is 2.14 bits per heavy atom. The summed E-state index contributed by atoms with van der Waals surface area (Å²) in [4.78, 5) is 31.0. The molecule has 0 spiro atoms. The zero-order chi connectivity index (χ0) is 19.9. The molecule has 0 radical (unpaired) electrons. The number of aliphatic imine (C=N–C) groups is 1. The van der Waals surface area contributed by atoms with E-state index in [-0.39, 0.29) is 24.5 Å². The van der Waals surface area contributed by atoms with E-state index in [4.69, 9.17) is 11.6 Å². The van der Waals surface area contributed by atoms with Crippen LogP contribution in [-0.2, 0) is 22.6 Å². The van der Waals surface area contributed by atoms with Gasteiger partial charge in [-0.25, -0.2) is 4.39 Å². The number of anilines is 1. The van der Waals surface area contributed by atoms with Crippen LogP contribution in [-0.4, -0.2) is 35.3 Å². The lowest BCUT2D eigenvalue weighted by Crippen LogP contribution is -2.52. The van der Waals surface area contributed by atoms with Gasteiger partial charge in [-0.3, -0.25) is 14.6 Å². The van der Waals surface area contributed by atoms with Gasteiger partial charge < -0.3 is 15.3 Å². The van der Waals surface area contributed by atoms with Crippen molar-refractivity contribution in [1.29, 1.82) is 0 Å². The van der Waals surface area contributed by atoms with E-state index >= 15 is 0 Å². The molecule has 2 N–H and O–H groups in total. The Bertz CT molecular complexity index is 990. The van der Waals surface area contributed by atoms with E-state index in [1.165, 1.54) is 17.0 Å². The summed E-state index contributed by atoms with van der Waals surface area (Å²) in [5, 5.41) is 13.4. The first-order valence-corrected chi connectivity index (χ1v) is 9.18. The highest BCUT2D eigenvalue weighted by molar-refractivity contribution is 6.30. The van der Waals surface area contributed by atoms with E-state index in [2.05, 4.69) is 10.3 Å². The van der Waals surface area contributed by atoms with Gasteiger partial charge in [-0.1, -0.05) is 17.7 Å². The average molecular weight is 402 g/mol. The van der Waals surface area contributed by atoms with E-state index < -0.39 is 23.2 Å². The van der Waals surface area contributed by atoms with E-state index in [1.54, 1.807) is 18.3 Å². The average Bonchev–Trinajstić information content (AvgIpc) is 3.24. The predicted molar refractivity (Wildman–Crippen MR) is 103 cm³/mol. The first kappa shape index (κ1) is 18.6. The van der Waals surface area contributed by atoms with Crippen LogP contribution in [0.5, 0.6) is 0 Å². The quantitative estimate of drug-likeness (QED) is 0.772. The van der Waals surface area contributed by atoms with Gasteiger partial charge >= 0.3 is 0 Å². The molecule has 1 unspecified atom stereocenters. The SMILES string of the molecule is O=C(NCc1cc(F)cc(Cl)c1)C1(O)CCN(c2ccc3c(c2)N=CC3)C1=O. The second-order valence-corrected chi connectivity index (χ2v) is 7.29. The summed E-state index contributed by atoms with van der Waals surface area (Å²) in [7, 11) is 0. The summed E-state index contributed by atoms with van der Waals surface area (Å²) in [6.45, 7) is 0.149. The standard InChI is InChI=1S/C20H17ClFN3O3/c21-14-7-12(8-15(22)9-14)11-24-18(26)20(28)4-6-25(19(20)27)16-2-1-13-3-5-23-17(13)10-16/h1-2,5,7-10,28H,3-4,6,11H2,(H,24,26). The summed E-state index contributed by atoms with van der Waals surface area (Å²) < 4.78 is 13.4. The molecule has 0 aromatic heterocycles. The van der Waals surface area contributed by atoms with Gasteiger partial charge in [0.25, 0.3) is 11.8 Å². The zero-order valence-corrected chi connectivity index (χ0v) is 15.5. The van der Waals surface area contributed by atoms with Crippen LogP contribution >= 0.6 is 11.6 Å². The van der Waals surface area contributed by atoms with Crippen molar-refractivity contribution < 1.29 is 19.1 Å². The lowest BCUT2D eigenvalue weighted by molar-refractivity contribution is -0.149. The Hall–Kier alpha value is -2.77. The molecule has 2 aliphatic rings. The number of rotatable bonds is 4. The highest BCUT2D eigenvalue weighted by Crippen LogP contribution is 2.34. The molecule has 2 heterocycles. The summed E-state index contributed by atoms with van der Waals surface area (Å²) in [5.41, 5.74) is 0.703. The minimum atomic E-state index is -2.17. The zero-order valence-electron chi connectivity index (χ0n) is 14.8. The number of hydrogen-bond donors (Lipinski definition) is 2. The van der Waals surface area contributed by atoms with Crippen LogP contribution in [0.2, 0.25) is 5.02 Å². The molecule has 2 aliphatic heterocycles. The topological polar surface area (TPSA) is 82.0 Å². The van der Waals surface area contributed by atoms with Crippen molar-refractivity contribution in [2.45, 2.75) is 25.0 Å². The van der Waals surface area contributed by atoms with Crippen LogP contribution in [0.25, 0.3) is 0 Å². The molecule has 8 heteroatoms. The van der Waals surface area contributed by atoms with Gasteiger partial charge in [0.05, 0.1) is 5.69 Å². The number of hydrogen-bond acceptors (Lipinski definition) is 4. The van der Waals surface area contributed by atoms with Gasteiger partial charge in [-0.05, 0) is 41.5 Å². The molecule has 0 bridgehead atoms. The second-order valence-electron chi connectivity index (χ2n) is 6.86. The molecule has 1 fully saturated rings. The molecule has 2 amide bonds. The summed E-state index contributed by atoms with van der Waals surface area (Å²) in [5.74, 6) is -2.04. The number of benzene rings is 2. The van der Waals surface area contributed by atoms with Crippen LogP contribution in [0.1, 0.15) is 17.5 Å². The van der Waals surface area contributed by atoms with Crippen molar-refractivity contribution in [3.63, 3.8) is 0 Å². The molecular weight excluding hydrogens is 385 g/mol. The molecule has 144 valence electrons. The number of fused-ring (bicyclic) bond motifs is 1. The van der Waals surface area contributed by atoms with Crippen LogP contribution in [0.4, 0.5) is 15.8 Å². The first-order chi connectivity index (χ1) is 13.4. The Labute approximate surface area is 165 Å². The van der Waals surface area contributed by atoms with Gasteiger partial charge in [0.1, 0.15) is 5.82 Å². The highest BCUT2D eigenvalue weighted by Gasteiger charge is 2.51. The lowest BCUT2D eigenvalue weighted by Gasteiger charge is -2.22. The van der Waals surface area contributed by atoms with Crippen LogP contribution in [0.15, 0.2) is 41.4 Å². The third-order valence-corrected chi connectivity index (χ3v) is 5.19. The number of carbonyl (C=O) groups is 2. The fourth-order valence-corrected chi connectivity index (χ4v) is 3.70. The summed E-state index contributed by atoms with van der Waals surface area (Å²) in [6.07, 6.45) is 2.50. The normalized spacial score (nSPS) is 20.5. The van der Waals surface area contributed by atoms with Crippen LogP contribution in [0.3, 0.4) is 0 Å². The van der Waals surface area contributed by atoms with Crippen molar-refractivity contribution in [3.8, 4) is 0 Å². The number of halogens is 2. The molecule has 1 saturated heterocycles. The lowest BCUT2D eigenvalue weighted by atomic mass is 10.0. The molecule has 2 aromatic carbocycles. The molecule has 1 atom stereocenters. The fourth-order valence-electron chi connectivity index (χ4n) is 3.46. The number of nitrogens with zero attached hydrogens (tertiary/aromatic N) is 2. The minimum Gasteiger partial charge on any atom is -0.372 e. The Kier molecular flexibility index (Phi) is 4.64. The third kappa shape index (κ3) is 3.27. The van der Waals surface area contributed by atoms with Crippen molar-refractivity contribution in [3.05, 3.63) is 58.4 Å². The van der Waals surface area contributed by atoms with Crippen molar-refractivity contribution in [1.82, 2.24) is 5.32 Å². The molecule has 0 saturated carbocycles. The maximum absolute atomic E-state index is 13.4. The van der Waals surface area contributed by atoms with Gasteiger partial charge in [-0.2, -0.15) is 0 Å². The minimum absolute atomic E-state index is 0.0398. The second kappa shape index (κ2) is 7.00. The number of aliphatic hydroxyl groups is 1. The van der Waals surface area contributed by atoms with Gasteiger partial charge in [0.2, 0.25) is 5.60 Å². The van der Waals surface area contributed by atoms with Gasteiger partial charge in [-0.15, -0.1) is 0 Å². The molecule has 2 aromatic rings. The number of amides is 2. The fraction of sp³-hybridized carbons (Fsp3) is 0.250. The van der Waals surface area contributed by atoms with Gasteiger partial charge in [0, 0.05) is 42.9 Å². The summed E-state index contributed by atoms with van der Waals surface area (Å²) in [6, 6.07) is 9.32. The van der Waals surface area contributed by atoms with E-state index in [0.29, 0.717) is 11.3 Å². The monoisotopic (exact) mass is 401 g/mol. The van der Waals surface area contributed by atoms with Crippen molar-refractivity contribution >= 4 is 41.0 Å². The predicted octanol–water partition coefficient (Wildman–Crippen LogP) is 2.52. The van der Waals surface area contributed by atoms with Crippen molar-refractivity contribution in [2.75, 3.05) is 11.4 Å². The maximum Gasteiger partial charge on any atom is 0.268 e. The third-order valence-electron chi connectivity index (χ3n) is 4.97. The Morgan fingerprint density at radius 1 is 1.32 bits per heavy atom. The van der Waals surface area contributed by atoms with Crippen LogP contribution in [0, 0.1) is 5.82 Å². The number of nitrogens with one attached hydrogen (secondary N) is 1. The Balaban J connectivity index is 1.48. The number of carbonyl (C=O) groups excluding carboxylic acids is 2. The van der Waals surface area contributed by atoms with E-state index in [9.17, 15) is 19.1 Å². The molecule has 28 heavy (non-hydrogen) atoms. The smallest absolute Gasteiger partial charge is 0.268 e. The van der Waals surface area contributed by atoms with Crippen LogP contribution < -0.4 is 10.2 Å². The molecule has 4 rings (SSSR count). The molecule has 0 aliphatic carbocycles. The van der Waals surface area contributed by atoms with Gasteiger partial charge in [0.15, 0.2) is 0 Å². The Morgan fingerprint density at radius 3 is 2.93 bits per heavy atom. The first-order valence-electron chi connectivity index (χ1n) is 8.80. The largest absolute Gasteiger partial charge is 0.372 e. The highest BCUT2D eigenvalue weighted by atomic mass is 35.5. The summed E-state index contributed by atoms with van der Waals surface area (Å²) >= 11 is 5.80. The molecule has 6 nitrogen and oxygen atoms in total.